The molecule has 0 aromatic heterocycles. The lowest BCUT2D eigenvalue weighted by atomic mass is 10.2. The number of rotatable bonds is 5. The van der Waals surface area contributed by atoms with Crippen LogP contribution in [-0.4, -0.2) is 35.6 Å². The molecular weight excluding hydrogens is 210 g/mol. The SMILES string of the molecule is O=C(NCC(O)CO)OCc1ccccc1. The molecule has 0 saturated carbocycles. The first kappa shape index (κ1) is 12.5. The second kappa shape index (κ2) is 6.81. The first-order chi connectivity index (χ1) is 7.72. The van der Waals surface area contributed by atoms with Gasteiger partial charge in [0.1, 0.15) is 6.61 Å². The van der Waals surface area contributed by atoms with Gasteiger partial charge in [-0.1, -0.05) is 30.3 Å². The van der Waals surface area contributed by atoms with E-state index in [4.69, 9.17) is 14.9 Å². The Hall–Kier alpha value is -1.59. The molecular formula is C11H15NO4. The second-order valence-electron chi connectivity index (χ2n) is 3.28. The van der Waals surface area contributed by atoms with E-state index in [1.165, 1.54) is 0 Å². The first-order valence-electron chi connectivity index (χ1n) is 4.96. The van der Waals surface area contributed by atoms with Gasteiger partial charge in [0.2, 0.25) is 0 Å². The van der Waals surface area contributed by atoms with Crippen LogP contribution in [-0.2, 0) is 11.3 Å². The molecule has 1 rings (SSSR count). The highest BCUT2D eigenvalue weighted by molar-refractivity contribution is 5.67. The quantitative estimate of drug-likeness (QED) is 0.672. The molecule has 0 aliphatic carbocycles. The van der Waals surface area contributed by atoms with E-state index in [0.29, 0.717) is 0 Å². The Kier molecular flexibility index (Phi) is 5.31. The van der Waals surface area contributed by atoms with Crippen LogP contribution in [0.4, 0.5) is 4.79 Å². The zero-order valence-electron chi connectivity index (χ0n) is 8.80. The highest BCUT2D eigenvalue weighted by Gasteiger charge is 2.06. The normalized spacial score (nSPS) is 11.9. The van der Waals surface area contributed by atoms with Gasteiger partial charge in [-0.3, -0.25) is 0 Å². The highest BCUT2D eigenvalue weighted by atomic mass is 16.5. The van der Waals surface area contributed by atoms with E-state index in [0.717, 1.165) is 5.56 Å². The summed E-state index contributed by atoms with van der Waals surface area (Å²) in [6.07, 6.45) is -1.57. The van der Waals surface area contributed by atoms with E-state index in [1.807, 2.05) is 30.3 Å². The Balaban J connectivity index is 2.20. The number of aliphatic hydroxyl groups excluding tert-OH is 2. The monoisotopic (exact) mass is 225 g/mol. The maximum absolute atomic E-state index is 11.1. The van der Waals surface area contributed by atoms with Crippen molar-refractivity contribution in [1.82, 2.24) is 5.32 Å². The van der Waals surface area contributed by atoms with Gasteiger partial charge in [0, 0.05) is 6.54 Å². The summed E-state index contributed by atoms with van der Waals surface area (Å²) in [4.78, 5) is 11.1. The second-order valence-corrected chi connectivity index (χ2v) is 3.28. The van der Waals surface area contributed by atoms with Crippen LogP contribution in [0.15, 0.2) is 30.3 Å². The van der Waals surface area contributed by atoms with E-state index < -0.39 is 12.2 Å². The van der Waals surface area contributed by atoms with E-state index in [1.54, 1.807) is 0 Å². The average molecular weight is 225 g/mol. The van der Waals surface area contributed by atoms with E-state index in [2.05, 4.69) is 5.32 Å². The summed E-state index contributed by atoms with van der Waals surface area (Å²) in [5.74, 6) is 0. The molecule has 1 aromatic rings. The van der Waals surface area contributed by atoms with Gasteiger partial charge in [0.25, 0.3) is 0 Å². The molecule has 88 valence electrons. The predicted molar refractivity (Wildman–Crippen MR) is 57.7 cm³/mol. The summed E-state index contributed by atoms with van der Waals surface area (Å²) >= 11 is 0. The Morgan fingerprint density at radius 1 is 1.38 bits per heavy atom. The molecule has 0 aliphatic rings. The largest absolute Gasteiger partial charge is 0.445 e. The Morgan fingerprint density at radius 3 is 2.69 bits per heavy atom. The van der Waals surface area contributed by atoms with Gasteiger partial charge >= 0.3 is 6.09 Å². The zero-order chi connectivity index (χ0) is 11.8. The minimum atomic E-state index is -0.954. The molecule has 5 nitrogen and oxygen atoms in total. The van der Waals surface area contributed by atoms with Gasteiger partial charge in [-0.15, -0.1) is 0 Å². The highest BCUT2D eigenvalue weighted by Crippen LogP contribution is 2.00. The van der Waals surface area contributed by atoms with Gasteiger partial charge in [-0.2, -0.15) is 0 Å². The van der Waals surface area contributed by atoms with E-state index in [-0.39, 0.29) is 19.8 Å². The third-order valence-electron chi connectivity index (χ3n) is 1.91. The fourth-order valence-electron chi connectivity index (χ4n) is 1.04. The number of carbonyl (C=O) groups excluding carboxylic acids is 1. The summed E-state index contributed by atoms with van der Waals surface area (Å²) in [7, 11) is 0. The number of amides is 1. The third kappa shape index (κ3) is 4.77. The number of ether oxygens (including phenoxy) is 1. The van der Waals surface area contributed by atoms with Crippen molar-refractivity contribution >= 4 is 6.09 Å². The summed E-state index contributed by atoms with van der Waals surface area (Å²) in [5.41, 5.74) is 0.889. The van der Waals surface area contributed by atoms with Crippen molar-refractivity contribution in [1.29, 1.82) is 0 Å². The van der Waals surface area contributed by atoms with Crippen LogP contribution < -0.4 is 5.32 Å². The molecule has 0 fully saturated rings. The molecule has 16 heavy (non-hydrogen) atoms. The number of hydrogen-bond donors (Lipinski definition) is 3. The zero-order valence-corrected chi connectivity index (χ0v) is 8.80. The first-order valence-corrected chi connectivity index (χ1v) is 4.96. The van der Waals surface area contributed by atoms with Gasteiger partial charge in [-0.05, 0) is 5.56 Å². The molecule has 0 aliphatic heterocycles. The standard InChI is InChI=1S/C11H15NO4/c13-7-10(14)6-12-11(15)16-8-9-4-2-1-3-5-9/h1-5,10,13-14H,6-8H2,(H,12,15). The molecule has 1 amide bonds. The number of nitrogens with one attached hydrogen (secondary N) is 1. The van der Waals surface area contributed by atoms with Gasteiger partial charge < -0.3 is 20.3 Å². The average Bonchev–Trinajstić information content (AvgIpc) is 2.34. The van der Waals surface area contributed by atoms with Crippen molar-refractivity contribution in [2.24, 2.45) is 0 Å². The molecule has 3 N–H and O–H groups in total. The van der Waals surface area contributed by atoms with Gasteiger partial charge in [-0.25, -0.2) is 4.79 Å². The van der Waals surface area contributed by atoms with Crippen LogP contribution in [0.25, 0.3) is 0 Å². The summed E-state index contributed by atoms with van der Waals surface area (Å²) in [6.45, 7) is -0.231. The molecule has 0 bridgehead atoms. The van der Waals surface area contributed by atoms with Crippen molar-refractivity contribution in [3.05, 3.63) is 35.9 Å². The topological polar surface area (TPSA) is 78.8 Å². The molecule has 0 radical (unpaired) electrons. The lowest BCUT2D eigenvalue weighted by Crippen LogP contribution is -2.34. The predicted octanol–water partition coefficient (Wildman–Crippen LogP) is 0.266. The maximum atomic E-state index is 11.1. The number of benzene rings is 1. The molecule has 0 heterocycles. The number of hydrogen-bond acceptors (Lipinski definition) is 4. The molecule has 1 aromatic carbocycles. The van der Waals surface area contributed by atoms with Crippen LogP contribution in [0.5, 0.6) is 0 Å². The van der Waals surface area contributed by atoms with Crippen LogP contribution >= 0.6 is 0 Å². The van der Waals surface area contributed by atoms with Crippen LogP contribution in [0.1, 0.15) is 5.56 Å². The Bertz CT molecular complexity index is 315. The Labute approximate surface area is 93.7 Å². The van der Waals surface area contributed by atoms with E-state index >= 15 is 0 Å². The van der Waals surface area contributed by atoms with Crippen LogP contribution in [0.3, 0.4) is 0 Å². The fraction of sp³-hybridized carbons (Fsp3) is 0.364. The summed E-state index contributed by atoms with van der Waals surface area (Å²) in [5, 5.41) is 19.8. The summed E-state index contributed by atoms with van der Waals surface area (Å²) in [6, 6.07) is 9.27. The maximum Gasteiger partial charge on any atom is 0.407 e. The van der Waals surface area contributed by atoms with Crippen LogP contribution in [0.2, 0.25) is 0 Å². The number of carbonyl (C=O) groups is 1. The van der Waals surface area contributed by atoms with Crippen molar-refractivity contribution in [2.45, 2.75) is 12.7 Å². The fourth-order valence-corrected chi connectivity index (χ4v) is 1.04. The Morgan fingerprint density at radius 2 is 2.06 bits per heavy atom. The third-order valence-corrected chi connectivity index (χ3v) is 1.91. The number of alkyl carbamates (subject to hydrolysis) is 1. The molecule has 1 atom stereocenters. The van der Waals surface area contributed by atoms with Crippen LogP contribution in [0, 0.1) is 0 Å². The molecule has 0 spiro atoms. The van der Waals surface area contributed by atoms with Crippen molar-refractivity contribution in [3.8, 4) is 0 Å². The van der Waals surface area contributed by atoms with Gasteiger partial charge in [0.05, 0.1) is 12.7 Å². The molecule has 1 unspecified atom stereocenters. The molecule has 5 heteroatoms. The van der Waals surface area contributed by atoms with Gasteiger partial charge in [0.15, 0.2) is 0 Å². The lowest BCUT2D eigenvalue weighted by molar-refractivity contribution is 0.0875. The molecule has 0 saturated heterocycles. The minimum absolute atomic E-state index is 0.0237. The smallest absolute Gasteiger partial charge is 0.407 e. The lowest BCUT2D eigenvalue weighted by Gasteiger charge is -2.09. The summed E-state index contributed by atoms with van der Waals surface area (Å²) < 4.78 is 4.88. The minimum Gasteiger partial charge on any atom is -0.445 e. The number of aliphatic hydroxyl groups is 2. The van der Waals surface area contributed by atoms with Crippen molar-refractivity contribution in [3.63, 3.8) is 0 Å². The van der Waals surface area contributed by atoms with Crippen molar-refractivity contribution < 1.29 is 19.7 Å². The van der Waals surface area contributed by atoms with Crippen molar-refractivity contribution in [2.75, 3.05) is 13.2 Å². The van der Waals surface area contributed by atoms with E-state index in [9.17, 15) is 4.79 Å².